The molecule has 0 aromatic heterocycles. The van der Waals surface area contributed by atoms with Crippen LogP contribution in [0, 0.1) is 0 Å². The molecule has 2 N–H and O–H groups in total. The molecule has 0 bridgehead atoms. The lowest BCUT2D eigenvalue weighted by Gasteiger charge is -2.26. The Morgan fingerprint density at radius 3 is 2.00 bits per heavy atom. The Morgan fingerprint density at radius 2 is 1.50 bits per heavy atom. The molecule has 0 saturated carbocycles. The van der Waals surface area contributed by atoms with Gasteiger partial charge in [0.05, 0.1) is 39.9 Å². The van der Waals surface area contributed by atoms with Gasteiger partial charge in [0.2, 0.25) is 5.91 Å². The molecule has 0 saturated heterocycles. The first kappa shape index (κ1) is 33.3. The van der Waals surface area contributed by atoms with Crippen LogP contribution >= 0.6 is 7.60 Å². The third-order valence-corrected chi connectivity index (χ3v) is 6.95. The molecule has 0 aromatic carbocycles. The molecule has 0 spiro atoms. The van der Waals surface area contributed by atoms with Gasteiger partial charge in [0, 0.05) is 13.6 Å². The van der Waals surface area contributed by atoms with Crippen molar-refractivity contribution in [1.29, 1.82) is 0 Å². The van der Waals surface area contributed by atoms with Crippen LogP contribution in [-0.4, -0.2) is 75.2 Å². The lowest BCUT2D eigenvalue weighted by atomic mass is 10.0. The number of carbonyl (C=O) groups is 1. The zero-order valence-corrected chi connectivity index (χ0v) is 23.8. The van der Waals surface area contributed by atoms with Crippen LogP contribution in [0.5, 0.6) is 0 Å². The fourth-order valence-corrected chi connectivity index (χ4v) is 4.44. The highest BCUT2D eigenvalue weighted by Gasteiger charge is 2.24. The van der Waals surface area contributed by atoms with Crippen LogP contribution in [-0.2, 0) is 18.4 Å². The van der Waals surface area contributed by atoms with Crippen LogP contribution < -0.4 is 5.32 Å². The Balaban J connectivity index is 4.16. The van der Waals surface area contributed by atoms with Crippen LogP contribution in [0.2, 0.25) is 0 Å². The van der Waals surface area contributed by atoms with Crippen LogP contribution in [0.1, 0.15) is 90.9 Å². The number of hydrogen-bond donors (Lipinski definition) is 2. The largest absolute Gasteiger partial charge is 0.387 e. The second-order valence-corrected chi connectivity index (χ2v) is 12.5. The minimum Gasteiger partial charge on any atom is -0.387 e. The highest BCUT2D eigenvalue weighted by Crippen LogP contribution is 2.43. The average molecular weight is 506 g/mol. The van der Waals surface area contributed by atoms with Gasteiger partial charge in [0.15, 0.2) is 0 Å². The molecule has 0 aliphatic heterocycles. The zero-order chi connectivity index (χ0) is 25.9. The third kappa shape index (κ3) is 21.8. The second kappa shape index (κ2) is 19.5. The highest BCUT2D eigenvalue weighted by atomic mass is 31.2. The van der Waals surface area contributed by atoms with Crippen LogP contribution in [0.25, 0.3) is 0 Å². The van der Waals surface area contributed by atoms with Gasteiger partial charge >= 0.3 is 7.60 Å². The van der Waals surface area contributed by atoms with Crippen molar-refractivity contribution in [3.8, 4) is 0 Å². The fraction of sp³-hybridized carbons (Fsp3) is 0.885. The number of nitrogens with one attached hydrogen (secondary N) is 1. The van der Waals surface area contributed by atoms with E-state index >= 15 is 0 Å². The van der Waals surface area contributed by atoms with E-state index in [0.29, 0.717) is 17.6 Å². The maximum absolute atomic E-state index is 12.5. The number of quaternary nitrogens is 1. The van der Waals surface area contributed by atoms with E-state index in [0.717, 1.165) is 12.8 Å². The number of unbranched alkanes of at least 4 members (excludes halogenated alkanes) is 11. The molecule has 0 aromatic rings. The van der Waals surface area contributed by atoms with Crippen LogP contribution in [0.3, 0.4) is 0 Å². The summed E-state index contributed by atoms with van der Waals surface area (Å²) in [7, 11) is 2.80. The first-order valence-corrected chi connectivity index (χ1v) is 15.2. The molecule has 0 fully saturated rings. The van der Waals surface area contributed by atoms with Crippen molar-refractivity contribution in [2.75, 3.05) is 47.6 Å². The molecular formula is C26H54N2O5P+. The predicted octanol–water partition coefficient (Wildman–Crippen LogP) is 5.67. The van der Waals surface area contributed by atoms with E-state index in [9.17, 15) is 14.5 Å². The van der Waals surface area contributed by atoms with Gasteiger partial charge in [-0.25, -0.2) is 0 Å². The number of allylic oxidation sites excluding steroid dienone is 1. The SMILES string of the molecule is CCCCCCCCCCCCC/C=C/[C@@H](O)[C@H](CO[P@](C)(=O)OCC[N+](C)(C)C)NC(C)=O. The van der Waals surface area contributed by atoms with Gasteiger partial charge < -0.3 is 24.0 Å². The summed E-state index contributed by atoms with van der Waals surface area (Å²) >= 11 is 0. The van der Waals surface area contributed by atoms with Gasteiger partial charge in [-0.05, 0) is 12.8 Å². The van der Waals surface area contributed by atoms with E-state index in [2.05, 4.69) is 12.2 Å². The molecule has 7 nitrogen and oxygen atoms in total. The number of aliphatic hydroxyl groups is 1. The molecular weight excluding hydrogens is 451 g/mol. The highest BCUT2D eigenvalue weighted by molar-refractivity contribution is 7.52. The molecule has 0 heterocycles. The van der Waals surface area contributed by atoms with Gasteiger partial charge in [0.25, 0.3) is 0 Å². The van der Waals surface area contributed by atoms with Crippen molar-refractivity contribution in [1.82, 2.24) is 5.32 Å². The topological polar surface area (TPSA) is 84.9 Å². The molecule has 3 atom stereocenters. The van der Waals surface area contributed by atoms with Gasteiger partial charge in [-0.3, -0.25) is 9.36 Å². The standard InChI is InChI=1S/C26H53N2O5P/c1-7-8-9-10-11-12-13-14-15-16-17-18-19-20-26(30)25(27-24(2)29)23-33-34(6,31)32-22-21-28(3,4)5/h19-20,25-26,30H,7-18,21-23H2,1-6H3/p+1/b20-19+/t25-,26+,34+/m0/s1. The normalized spacial score (nSPS) is 15.9. The van der Waals surface area contributed by atoms with E-state index in [-0.39, 0.29) is 12.5 Å². The average Bonchev–Trinajstić information content (AvgIpc) is 2.73. The van der Waals surface area contributed by atoms with Crippen molar-refractivity contribution >= 4 is 13.5 Å². The first-order chi connectivity index (χ1) is 16.0. The Labute approximate surface area is 209 Å². The summed E-state index contributed by atoms with van der Waals surface area (Å²) in [6, 6.07) is -0.679. The summed E-state index contributed by atoms with van der Waals surface area (Å²) < 4.78 is 24.1. The Hall–Kier alpha value is -0.720. The maximum atomic E-state index is 12.5. The molecule has 0 aliphatic carbocycles. The lowest BCUT2D eigenvalue weighted by molar-refractivity contribution is -0.870. The number of rotatable bonds is 22. The Kier molecular flexibility index (Phi) is 19.1. The Bertz CT molecular complexity index is 592. The van der Waals surface area contributed by atoms with E-state index in [1.165, 1.54) is 77.8 Å². The van der Waals surface area contributed by atoms with Gasteiger partial charge in [-0.1, -0.05) is 83.3 Å². The summed E-state index contributed by atoms with van der Waals surface area (Å²) in [6.07, 6.45) is 18.0. The Morgan fingerprint density at radius 1 is 0.971 bits per heavy atom. The number of amides is 1. The second-order valence-electron chi connectivity index (χ2n) is 10.5. The molecule has 0 rings (SSSR count). The molecule has 202 valence electrons. The summed E-state index contributed by atoms with van der Waals surface area (Å²) in [5.41, 5.74) is 0. The van der Waals surface area contributed by atoms with Crippen LogP contribution in [0.15, 0.2) is 12.2 Å². The molecule has 0 unspecified atom stereocenters. The predicted molar refractivity (Wildman–Crippen MR) is 142 cm³/mol. The number of likely N-dealkylation sites (N-methyl/N-ethyl adjacent to an activating group) is 1. The van der Waals surface area contributed by atoms with Crippen molar-refractivity contribution in [3.05, 3.63) is 12.2 Å². The van der Waals surface area contributed by atoms with Crippen molar-refractivity contribution in [3.63, 3.8) is 0 Å². The molecule has 0 aliphatic rings. The number of aliphatic hydroxyl groups excluding tert-OH is 1. The summed E-state index contributed by atoms with van der Waals surface area (Å²) in [5, 5.41) is 13.2. The van der Waals surface area contributed by atoms with E-state index in [1.54, 1.807) is 6.08 Å². The number of hydrogen-bond acceptors (Lipinski definition) is 5. The lowest BCUT2D eigenvalue weighted by Crippen LogP contribution is -2.44. The minimum atomic E-state index is -3.27. The van der Waals surface area contributed by atoms with Gasteiger partial charge in [0.1, 0.15) is 13.2 Å². The van der Waals surface area contributed by atoms with Crippen LogP contribution in [0.4, 0.5) is 0 Å². The fourth-order valence-electron chi connectivity index (χ4n) is 3.52. The van der Waals surface area contributed by atoms with Gasteiger partial charge in [-0.2, -0.15) is 0 Å². The quantitative estimate of drug-likeness (QED) is 0.0857. The third-order valence-electron chi connectivity index (χ3n) is 5.69. The minimum absolute atomic E-state index is 0.0817. The van der Waals surface area contributed by atoms with E-state index in [1.807, 2.05) is 27.2 Å². The molecule has 0 radical (unpaired) electrons. The van der Waals surface area contributed by atoms with Gasteiger partial charge in [-0.15, -0.1) is 0 Å². The van der Waals surface area contributed by atoms with E-state index in [4.69, 9.17) is 9.05 Å². The summed E-state index contributed by atoms with van der Waals surface area (Å²) in [6.45, 7) is 5.98. The molecule has 8 heteroatoms. The van der Waals surface area contributed by atoms with Crippen molar-refractivity contribution < 1.29 is 28.0 Å². The molecule has 1 amide bonds. The first-order valence-electron chi connectivity index (χ1n) is 13.3. The van der Waals surface area contributed by atoms with E-state index < -0.39 is 19.7 Å². The summed E-state index contributed by atoms with van der Waals surface area (Å²) in [4.78, 5) is 11.6. The number of carbonyl (C=O) groups excluding carboxylic acids is 1. The smallest absolute Gasteiger partial charge is 0.327 e. The van der Waals surface area contributed by atoms with Crippen molar-refractivity contribution in [2.24, 2.45) is 0 Å². The maximum Gasteiger partial charge on any atom is 0.327 e. The number of nitrogens with zero attached hydrogens (tertiary/aromatic N) is 1. The molecule has 34 heavy (non-hydrogen) atoms. The van der Waals surface area contributed by atoms with Crippen molar-refractivity contribution in [2.45, 2.75) is 103 Å². The monoisotopic (exact) mass is 505 g/mol. The zero-order valence-electron chi connectivity index (χ0n) is 22.9. The summed E-state index contributed by atoms with van der Waals surface area (Å²) in [5.74, 6) is -0.275.